The molecule has 21 heavy (non-hydrogen) atoms. The number of aromatic nitrogens is 1. The number of likely N-dealkylation sites (N-methyl/N-ethyl adjacent to an activating group) is 1. The smallest absolute Gasteiger partial charge is 0.133 e. The highest BCUT2D eigenvalue weighted by atomic mass is 16.5. The van der Waals surface area contributed by atoms with Crippen LogP contribution in [0.2, 0.25) is 0 Å². The monoisotopic (exact) mass is 293 g/mol. The van der Waals surface area contributed by atoms with Gasteiger partial charge in [0.15, 0.2) is 0 Å². The van der Waals surface area contributed by atoms with Crippen molar-refractivity contribution < 1.29 is 9.47 Å². The molecule has 1 N–H and O–H groups in total. The molecule has 1 unspecified atom stereocenters. The summed E-state index contributed by atoms with van der Waals surface area (Å²) in [6, 6.07) is 4.14. The Morgan fingerprint density at radius 2 is 2.43 bits per heavy atom. The molecule has 0 amide bonds. The molecule has 0 aliphatic carbocycles. The predicted molar refractivity (Wildman–Crippen MR) is 84.7 cm³/mol. The van der Waals surface area contributed by atoms with Crippen LogP contribution in [-0.4, -0.2) is 51.0 Å². The Morgan fingerprint density at radius 1 is 1.52 bits per heavy atom. The lowest BCUT2D eigenvalue weighted by Crippen LogP contribution is -2.34. The quantitative estimate of drug-likeness (QED) is 0.704. The van der Waals surface area contributed by atoms with Crippen LogP contribution in [0, 0.1) is 0 Å². The highest BCUT2D eigenvalue weighted by Gasteiger charge is 2.20. The largest absolute Gasteiger partial charge is 0.383 e. The van der Waals surface area contributed by atoms with E-state index in [2.05, 4.69) is 28.2 Å². The zero-order valence-electron chi connectivity index (χ0n) is 13.2. The molecule has 5 heteroatoms. The lowest BCUT2D eigenvalue weighted by Gasteiger charge is -2.27. The fourth-order valence-electron chi connectivity index (χ4n) is 2.65. The Morgan fingerprint density at radius 3 is 3.14 bits per heavy atom. The summed E-state index contributed by atoms with van der Waals surface area (Å²) >= 11 is 0. The summed E-state index contributed by atoms with van der Waals surface area (Å²) in [6.07, 6.45) is 4.55. The van der Waals surface area contributed by atoms with E-state index in [4.69, 9.17) is 9.47 Å². The molecular formula is C16H27N3O2. The molecule has 0 spiro atoms. The van der Waals surface area contributed by atoms with Crippen LogP contribution in [-0.2, 0) is 16.0 Å². The normalized spacial score (nSPS) is 18.1. The van der Waals surface area contributed by atoms with E-state index in [1.807, 2.05) is 12.3 Å². The van der Waals surface area contributed by atoms with E-state index in [0.29, 0.717) is 6.10 Å². The van der Waals surface area contributed by atoms with Gasteiger partial charge in [0.25, 0.3) is 0 Å². The standard InChI is InChI=1S/C16H27N3O2/c1-3-19(13-15-7-5-10-21-15)16-14(6-4-8-18-16)12-17-9-11-20-2/h4,6,8,15,17H,3,5,7,9-13H2,1-2H3. The Bertz CT molecular complexity index is 408. The zero-order chi connectivity index (χ0) is 14.9. The van der Waals surface area contributed by atoms with Gasteiger partial charge in [-0.15, -0.1) is 0 Å². The summed E-state index contributed by atoms with van der Waals surface area (Å²) in [4.78, 5) is 6.91. The molecule has 1 atom stereocenters. The lowest BCUT2D eigenvalue weighted by atomic mass is 10.2. The molecule has 1 aromatic heterocycles. The van der Waals surface area contributed by atoms with E-state index in [1.54, 1.807) is 7.11 Å². The van der Waals surface area contributed by atoms with Crippen LogP contribution >= 0.6 is 0 Å². The minimum absolute atomic E-state index is 0.348. The minimum atomic E-state index is 0.348. The Kier molecular flexibility index (Phi) is 6.92. The van der Waals surface area contributed by atoms with Crippen molar-refractivity contribution in [2.75, 3.05) is 44.9 Å². The molecule has 0 aromatic carbocycles. The van der Waals surface area contributed by atoms with Gasteiger partial charge in [-0.25, -0.2) is 4.98 Å². The molecule has 2 heterocycles. The molecule has 5 nitrogen and oxygen atoms in total. The number of hydrogen-bond acceptors (Lipinski definition) is 5. The maximum Gasteiger partial charge on any atom is 0.133 e. The number of nitrogens with one attached hydrogen (secondary N) is 1. The third-order valence-electron chi connectivity index (χ3n) is 3.80. The molecule has 1 aliphatic heterocycles. The zero-order valence-corrected chi connectivity index (χ0v) is 13.2. The van der Waals surface area contributed by atoms with Crippen molar-refractivity contribution in [2.24, 2.45) is 0 Å². The average molecular weight is 293 g/mol. The molecule has 1 aliphatic rings. The van der Waals surface area contributed by atoms with E-state index in [0.717, 1.165) is 51.6 Å². The molecule has 0 radical (unpaired) electrons. The molecule has 1 aromatic rings. The van der Waals surface area contributed by atoms with Crippen LogP contribution in [0.3, 0.4) is 0 Å². The summed E-state index contributed by atoms with van der Waals surface area (Å²) in [7, 11) is 1.72. The van der Waals surface area contributed by atoms with Gasteiger partial charge in [0.2, 0.25) is 0 Å². The van der Waals surface area contributed by atoms with Crippen LogP contribution in [0.1, 0.15) is 25.3 Å². The Hall–Kier alpha value is -1.17. The topological polar surface area (TPSA) is 46.6 Å². The lowest BCUT2D eigenvalue weighted by molar-refractivity contribution is 0.115. The van der Waals surface area contributed by atoms with Crippen LogP contribution in [0.4, 0.5) is 5.82 Å². The first-order valence-corrected chi connectivity index (χ1v) is 7.85. The van der Waals surface area contributed by atoms with Crippen molar-refractivity contribution in [3.8, 4) is 0 Å². The molecule has 2 rings (SSSR count). The van der Waals surface area contributed by atoms with E-state index in [9.17, 15) is 0 Å². The van der Waals surface area contributed by atoms with Gasteiger partial charge in [-0.3, -0.25) is 0 Å². The second-order valence-electron chi connectivity index (χ2n) is 5.33. The number of ether oxygens (including phenoxy) is 2. The van der Waals surface area contributed by atoms with Gasteiger partial charge < -0.3 is 19.7 Å². The van der Waals surface area contributed by atoms with E-state index in [-0.39, 0.29) is 0 Å². The van der Waals surface area contributed by atoms with Crippen molar-refractivity contribution in [3.05, 3.63) is 23.9 Å². The highest BCUT2D eigenvalue weighted by Crippen LogP contribution is 2.20. The van der Waals surface area contributed by atoms with Crippen molar-refractivity contribution in [3.63, 3.8) is 0 Å². The van der Waals surface area contributed by atoms with E-state index < -0.39 is 0 Å². The van der Waals surface area contributed by atoms with Gasteiger partial charge in [0.1, 0.15) is 5.82 Å². The first-order valence-electron chi connectivity index (χ1n) is 7.85. The van der Waals surface area contributed by atoms with Gasteiger partial charge in [-0.05, 0) is 25.8 Å². The first kappa shape index (κ1) is 16.2. The maximum atomic E-state index is 5.76. The number of hydrogen-bond donors (Lipinski definition) is 1. The molecule has 118 valence electrons. The van der Waals surface area contributed by atoms with Gasteiger partial charge in [-0.2, -0.15) is 0 Å². The number of methoxy groups -OCH3 is 1. The van der Waals surface area contributed by atoms with Crippen LogP contribution in [0.15, 0.2) is 18.3 Å². The van der Waals surface area contributed by atoms with E-state index in [1.165, 1.54) is 12.0 Å². The summed E-state index contributed by atoms with van der Waals surface area (Å²) in [5, 5.41) is 3.39. The van der Waals surface area contributed by atoms with E-state index >= 15 is 0 Å². The molecule has 0 saturated carbocycles. The van der Waals surface area contributed by atoms with Crippen molar-refractivity contribution >= 4 is 5.82 Å². The number of nitrogens with zero attached hydrogens (tertiary/aromatic N) is 2. The SMILES string of the molecule is CCN(CC1CCCO1)c1ncccc1CNCCOC. The minimum Gasteiger partial charge on any atom is -0.383 e. The highest BCUT2D eigenvalue weighted by molar-refractivity contribution is 5.46. The first-order chi connectivity index (χ1) is 10.3. The molecular weight excluding hydrogens is 266 g/mol. The molecule has 0 bridgehead atoms. The fraction of sp³-hybridized carbons (Fsp3) is 0.688. The van der Waals surface area contributed by atoms with Crippen LogP contribution in [0.5, 0.6) is 0 Å². The Balaban J connectivity index is 1.98. The van der Waals surface area contributed by atoms with Gasteiger partial charge in [0, 0.05) is 51.7 Å². The third kappa shape index (κ3) is 4.95. The van der Waals surface area contributed by atoms with Gasteiger partial charge in [0.05, 0.1) is 12.7 Å². The Labute approximate surface area is 127 Å². The van der Waals surface area contributed by atoms with Crippen molar-refractivity contribution in [1.82, 2.24) is 10.3 Å². The molecule has 1 fully saturated rings. The average Bonchev–Trinajstić information content (AvgIpc) is 3.03. The number of pyridine rings is 1. The second-order valence-corrected chi connectivity index (χ2v) is 5.33. The predicted octanol–water partition coefficient (Wildman–Crippen LogP) is 1.82. The summed E-state index contributed by atoms with van der Waals surface area (Å²) < 4.78 is 10.8. The fourth-order valence-corrected chi connectivity index (χ4v) is 2.65. The maximum absolute atomic E-state index is 5.76. The second kappa shape index (κ2) is 8.97. The summed E-state index contributed by atoms with van der Waals surface area (Å²) in [5.41, 5.74) is 1.23. The van der Waals surface area contributed by atoms with Crippen molar-refractivity contribution in [1.29, 1.82) is 0 Å². The van der Waals surface area contributed by atoms with Crippen LogP contribution < -0.4 is 10.2 Å². The number of anilines is 1. The van der Waals surface area contributed by atoms with Crippen LogP contribution in [0.25, 0.3) is 0 Å². The third-order valence-corrected chi connectivity index (χ3v) is 3.80. The molecule has 1 saturated heterocycles. The van der Waals surface area contributed by atoms with Gasteiger partial charge in [-0.1, -0.05) is 6.07 Å². The number of rotatable bonds is 9. The summed E-state index contributed by atoms with van der Waals surface area (Å²) in [6.45, 7) is 7.34. The summed E-state index contributed by atoms with van der Waals surface area (Å²) in [5.74, 6) is 1.07. The van der Waals surface area contributed by atoms with Crippen molar-refractivity contribution in [2.45, 2.75) is 32.4 Å². The van der Waals surface area contributed by atoms with Gasteiger partial charge >= 0.3 is 0 Å².